The number of benzene rings is 1. The van der Waals surface area contributed by atoms with Crippen molar-refractivity contribution in [2.75, 3.05) is 20.4 Å². The summed E-state index contributed by atoms with van der Waals surface area (Å²) in [6, 6.07) is 9.26. The maximum absolute atomic E-state index is 14.8. The third kappa shape index (κ3) is 3.65. The minimum Gasteiger partial charge on any atom is -0.431 e. The van der Waals surface area contributed by atoms with Crippen LogP contribution in [0.2, 0.25) is 0 Å². The highest BCUT2D eigenvalue weighted by molar-refractivity contribution is 7.69. The molecule has 1 amide bonds. The van der Waals surface area contributed by atoms with Gasteiger partial charge in [0.15, 0.2) is 11.6 Å². The third-order valence-electron chi connectivity index (χ3n) is 7.18. The average molecular weight is 526 g/mol. The van der Waals surface area contributed by atoms with Gasteiger partial charge < -0.3 is 14.2 Å². The fourth-order valence-electron chi connectivity index (χ4n) is 5.44. The van der Waals surface area contributed by atoms with Crippen molar-refractivity contribution in [3.63, 3.8) is 0 Å². The second-order valence-electron chi connectivity index (χ2n) is 9.74. The van der Waals surface area contributed by atoms with E-state index in [1.165, 1.54) is 11.0 Å². The molecule has 0 fully saturated rings. The predicted octanol–water partition coefficient (Wildman–Crippen LogP) is 5.05. The Bertz CT molecular complexity index is 1630. The molecule has 4 heterocycles. The number of aromatic nitrogens is 3. The summed E-state index contributed by atoms with van der Waals surface area (Å²) >= 11 is 0. The Labute approximate surface area is 210 Å². The molecule has 0 saturated heterocycles. The second kappa shape index (κ2) is 8.18. The Morgan fingerprint density at radius 2 is 1.89 bits per heavy atom. The molecule has 11 heteroatoms. The van der Waals surface area contributed by atoms with Gasteiger partial charge in [0.1, 0.15) is 7.14 Å². The number of nitrogens with zero attached hydrogens (tertiary/aromatic N) is 4. The van der Waals surface area contributed by atoms with Crippen molar-refractivity contribution in [1.82, 2.24) is 19.5 Å². The van der Waals surface area contributed by atoms with E-state index in [1.54, 1.807) is 43.4 Å². The molecule has 0 radical (unpaired) electrons. The van der Waals surface area contributed by atoms with Gasteiger partial charge in [0, 0.05) is 47.6 Å². The number of carbonyl (C=O) groups is 1. The maximum Gasteiger partial charge on any atom is 0.387 e. The molecule has 2 bridgehead atoms. The SMILES string of the molecule is CN1C(=O)c2ccc(F)c(OC(F)F)c2[C@H]2C[C@@H]1c1nn3ccc(-c4ccc(P(C)(C)=O)nc4)cc3c12. The number of halogens is 3. The normalized spacial score (nSPS) is 18.8. The van der Waals surface area contributed by atoms with Gasteiger partial charge in [-0.3, -0.25) is 9.78 Å². The van der Waals surface area contributed by atoms with E-state index in [-0.39, 0.29) is 11.1 Å². The molecular weight excluding hydrogens is 504 g/mol. The molecule has 0 saturated carbocycles. The zero-order valence-electron chi connectivity index (χ0n) is 20.2. The molecule has 6 rings (SSSR count). The van der Waals surface area contributed by atoms with Gasteiger partial charge in [0.05, 0.1) is 22.7 Å². The fourth-order valence-corrected chi connectivity index (χ4v) is 6.21. The Morgan fingerprint density at radius 1 is 1.11 bits per heavy atom. The Kier molecular flexibility index (Phi) is 5.25. The van der Waals surface area contributed by atoms with E-state index >= 15 is 0 Å². The highest BCUT2D eigenvalue weighted by Crippen LogP contribution is 2.54. The van der Waals surface area contributed by atoms with Crippen molar-refractivity contribution in [3.8, 4) is 16.9 Å². The van der Waals surface area contributed by atoms with E-state index in [9.17, 15) is 22.5 Å². The monoisotopic (exact) mass is 526 g/mol. The lowest BCUT2D eigenvalue weighted by molar-refractivity contribution is -0.0529. The van der Waals surface area contributed by atoms with Crippen molar-refractivity contribution in [2.45, 2.75) is 25.0 Å². The van der Waals surface area contributed by atoms with Crippen molar-refractivity contribution in [3.05, 3.63) is 77.0 Å². The summed E-state index contributed by atoms with van der Waals surface area (Å²) in [7, 11) is -0.868. The number of carbonyl (C=O) groups excluding carboxylic acids is 1. The summed E-state index contributed by atoms with van der Waals surface area (Å²) in [5.41, 5.74) is 4.50. The number of hydrogen-bond acceptors (Lipinski definition) is 5. The molecule has 0 spiro atoms. The lowest BCUT2D eigenvalue weighted by Crippen LogP contribution is -2.30. The summed E-state index contributed by atoms with van der Waals surface area (Å²) in [6.07, 6.45) is 3.81. The first-order valence-electron chi connectivity index (χ1n) is 11.6. The number of amides is 1. The van der Waals surface area contributed by atoms with Crippen LogP contribution < -0.4 is 10.2 Å². The zero-order valence-corrected chi connectivity index (χ0v) is 21.0. The molecule has 2 aliphatic rings. The van der Waals surface area contributed by atoms with Crippen LogP contribution in [0.15, 0.2) is 48.8 Å². The molecule has 1 aromatic carbocycles. The number of rotatable bonds is 4. The van der Waals surface area contributed by atoms with Crippen LogP contribution in [0.1, 0.15) is 45.6 Å². The van der Waals surface area contributed by atoms with Gasteiger partial charge in [0.2, 0.25) is 0 Å². The van der Waals surface area contributed by atoms with Crippen LogP contribution in [0.5, 0.6) is 5.75 Å². The van der Waals surface area contributed by atoms with Crippen LogP contribution >= 0.6 is 7.14 Å². The Morgan fingerprint density at radius 3 is 2.57 bits per heavy atom. The molecule has 1 aliphatic carbocycles. The summed E-state index contributed by atoms with van der Waals surface area (Å²) in [6.45, 7) is 0.0680. The number of ether oxygens (including phenoxy) is 1. The van der Waals surface area contributed by atoms with Crippen LogP contribution in [0, 0.1) is 5.82 Å². The fraction of sp³-hybridized carbons (Fsp3) is 0.269. The van der Waals surface area contributed by atoms with Gasteiger partial charge in [-0.1, -0.05) is 6.07 Å². The first-order valence-corrected chi connectivity index (χ1v) is 14.2. The predicted molar refractivity (Wildman–Crippen MR) is 132 cm³/mol. The van der Waals surface area contributed by atoms with Gasteiger partial charge in [0.25, 0.3) is 5.91 Å². The quantitative estimate of drug-likeness (QED) is 0.348. The minimum atomic E-state index is -3.25. The molecule has 4 aromatic rings. The van der Waals surface area contributed by atoms with Crippen LogP contribution in [0.4, 0.5) is 13.2 Å². The number of hydrogen-bond donors (Lipinski definition) is 0. The lowest BCUT2D eigenvalue weighted by Gasteiger charge is -2.24. The summed E-state index contributed by atoms with van der Waals surface area (Å²) in [4.78, 5) is 19.1. The topological polar surface area (TPSA) is 76.8 Å². The molecule has 0 N–H and O–H groups in total. The molecule has 0 unspecified atom stereocenters. The smallest absolute Gasteiger partial charge is 0.387 e. The van der Waals surface area contributed by atoms with Crippen LogP contribution in [-0.4, -0.2) is 52.4 Å². The van der Waals surface area contributed by atoms with E-state index in [2.05, 4.69) is 9.72 Å². The van der Waals surface area contributed by atoms with Gasteiger partial charge in [-0.05, 0) is 55.6 Å². The van der Waals surface area contributed by atoms with Crippen molar-refractivity contribution in [2.24, 2.45) is 0 Å². The molecular formula is C26H22F3N4O3P. The molecule has 37 heavy (non-hydrogen) atoms. The number of fused-ring (bicyclic) bond motifs is 9. The van der Waals surface area contributed by atoms with E-state index in [1.807, 2.05) is 18.2 Å². The summed E-state index contributed by atoms with van der Waals surface area (Å²) in [5, 5.41) is 4.72. The maximum atomic E-state index is 14.8. The van der Waals surface area contributed by atoms with Crippen LogP contribution in [-0.2, 0) is 4.57 Å². The van der Waals surface area contributed by atoms with Gasteiger partial charge in [-0.2, -0.15) is 13.9 Å². The number of pyridine rings is 2. The van der Waals surface area contributed by atoms with E-state index < -0.39 is 43.2 Å². The average Bonchev–Trinajstić information content (AvgIpc) is 3.37. The molecule has 7 nitrogen and oxygen atoms in total. The Hall–Kier alpha value is -3.65. The minimum absolute atomic E-state index is 0.117. The first kappa shape index (κ1) is 23.7. The Balaban J connectivity index is 1.55. The van der Waals surface area contributed by atoms with Crippen molar-refractivity contribution < 1.29 is 27.3 Å². The van der Waals surface area contributed by atoms with Crippen molar-refractivity contribution in [1.29, 1.82) is 0 Å². The van der Waals surface area contributed by atoms with E-state index in [0.29, 0.717) is 23.1 Å². The zero-order chi connectivity index (χ0) is 26.2. The van der Waals surface area contributed by atoms with Crippen molar-refractivity contribution >= 4 is 24.0 Å². The molecule has 190 valence electrons. The van der Waals surface area contributed by atoms with Gasteiger partial charge in [-0.15, -0.1) is 0 Å². The largest absolute Gasteiger partial charge is 0.431 e. The van der Waals surface area contributed by atoms with Gasteiger partial charge >= 0.3 is 6.61 Å². The molecule has 3 aromatic heterocycles. The van der Waals surface area contributed by atoms with E-state index in [0.717, 1.165) is 22.8 Å². The lowest BCUT2D eigenvalue weighted by atomic mass is 9.88. The summed E-state index contributed by atoms with van der Waals surface area (Å²) in [5.74, 6) is -2.53. The molecule has 2 atom stereocenters. The summed E-state index contributed by atoms with van der Waals surface area (Å²) < 4.78 is 60.1. The van der Waals surface area contributed by atoms with Gasteiger partial charge in [-0.25, -0.2) is 8.91 Å². The highest BCUT2D eigenvalue weighted by Gasteiger charge is 2.46. The first-order chi connectivity index (χ1) is 17.5. The highest BCUT2D eigenvalue weighted by atomic mass is 31.2. The number of alkyl halides is 2. The molecule has 1 aliphatic heterocycles. The standard InChI is InChI=1S/C26H22F3N4O3P/c1-32-19-11-16(21-15(25(32)34)5-6-17(27)24(21)36-26(28)29)22-18-10-13(8-9-33(18)31-23(19)22)14-4-7-20(30-12-14)37(2,3)35/h4-10,12,16,19,26H,11H2,1-3H3/t16-,19-/m1/s1. The van der Waals surface area contributed by atoms with E-state index in [4.69, 9.17) is 5.10 Å². The van der Waals surface area contributed by atoms with Crippen LogP contribution in [0.25, 0.3) is 16.6 Å². The second-order valence-corrected chi connectivity index (χ2v) is 12.9. The third-order valence-corrected chi connectivity index (χ3v) is 8.55. The van der Waals surface area contributed by atoms with Crippen LogP contribution in [0.3, 0.4) is 0 Å².